The maximum Gasteiger partial charge on any atom is 0.310 e. The predicted octanol–water partition coefficient (Wildman–Crippen LogP) is 1.43. The number of carbonyl (C=O) groups excluding carboxylic acids is 2. The molecule has 0 aromatic heterocycles. The zero-order valence-electron chi connectivity index (χ0n) is 13.1. The number of esters is 2. The maximum absolute atomic E-state index is 12.5. The van der Waals surface area contributed by atoms with E-state index in [9.17, 15) is 9.59 Å². The number of ether oxygens (including phenoxy) is 4. The van der Waals surface area contributed by atoms with Crippen LogP contribution < -0.4 is 0 Å². The molecule has 2 aliphatic heterocycles. The molecule has 2 fully saturated rings. The van der Waals surface area contributed by atoms with Crippen molar-refractivity contribution in [3.8, 4) is 0 Å². The molecule has 0 N–H and O–H groups in total. The highest BCUT2D eigenvalue weighted by atomic mass is 16.7. The summed E-state index contributed by atoms with van der Waals surface area (Å²) in [5.74, 6) is -1.87. The summed E-state index contributed by atoms with van der Waals surface area (Å²) >= 11 is 0. The SMILES string of the molecule is CCOC(=O)[C@@H]1CC=C(C)[C@H]2[C@@H]3O[C@H](C)OC[C@H]3OC(=O)[C@H]21. The van der Waals surface area contributed by atoms with Crippen LogP contribution in [-0.2, 0) is 28.5 Å². The van der Waals surface area contributed by atoms with Gasteiger partial charge in [0.2, 0.25) is 0 Å². The van der Waals surface area contributed by atoms with Gasteiger partial charge in [0, 0.05) is 5.92 Å². The number of carbonyl (C=O) groups is 2. The van der Waals surface area contributed by atoms with E-state index in [2.05, 4.69) is 0 Å². The predicted molar refractivity (Wildman–Crippen MR) is 75.6 cm³/mol. The number of hydrogen-bond donors (Lipinski definition) is 0. The van der Waals surface area contributed by atoms with Crippen molar-refractivity contribution in [3.63, 3.8) is 0 Å². The van der Waals surface area contributed by atoms with Crippen LogP contribution in [0.2, 0.25) is 0 Å². The number of allylic oxidation sites excluding steroid dienone is 1. The Morgan fingerprint density at radius 2 is 2.18 bits per heavy atom. The van der Waals surface area contributed by atoms with Crippen LogP contribution in [0.15, 0.2) is 11.6 Å². The molecule has 6 heteroatoms. The smallest absolute Gasteiger partial charge is 0.310 e. The second kappa shape index (κ2) is 6.01. The van der Waals surface area contributed by atoms with Crippen molar-refractivity contribution in [2.45, 2.75) is 45.7 Å². The van der Waals surface area contributed by atoms with Crippen LogP contribution in [0.1, 0.15) is 27.2 Å². The zero-order chi connectivity index (χ0) is 15.9. The summed E-state index contributed by atoms with van der Waals surface area (Å²) in [6.07, 6.45) is 1.51. The Hall–Kier alpha value is -1.40. The minimum atomic E-state index is -0.532. The van der Waals surface area contributed by atoms with Crippen molar-refractivity contribution in [3.05, 3.63) is 11.6 Å². The van der Waals surface area contributed by atoms with Gasteiger partial charge in [-0.2, -0.15) is 0 Å². The van der Waals surface area contributed by atoms with Crippen molar-refractivity contribution in [1.29, 1.82) is 0 Å². The minimum absolute atomic E-state index is 0.152. The van der Waals surface area contributed by atoms with E-state index in [1.165, 1.54) is 0 Å². The molecule has 3 aliphatic rings. The monoisotopic (exact) mass is 310 g/mol. The molecule has 22 heavy (non-hydrogen) atoms. The molecule has 2 saturated heterocycles. The van der Waals surface area contributed by atoms with E-state index in [4.69, 9.17) is 18.9 Å². The Morgan fingerprint density at radius 1 is 1.41 bits per heavy atom. The molecule has 3 rings (SSSR count). The molecule has 122 valence electrons. The molecule has 6 atom stereocenters. The van der Waals surface area contributed by atoms with Gasteiger partial charge in [-0.05, 0) is 27.2 Å². The molecule has 0 bridgehead atoms. The first-order valence-corrected chi connectivity index (χ1v) is 7.83. The molecule has 0 saturated carbocycles. The number of hydrogen-bond acceptors (Lipinski definition) is 6. The molecule has 1 aliphatic carbocycles. The average Bonchev–Trinajstić information content (AvgIpc) is 2.48. The standard InChI is InChI=1S/C16H22O6/c1-4-19-15(17)10-6-5-8(2)12-13(10)16(18)22-11-7-20-9(3)21-14(11)12/h5,9-14H,4,6-7H2,1-3H3/t9-,10-,11-,12-,13+,14-/m1/s1. The van der Waals surface area contributed by atoms with Gasteiger partial charge in [-0.1, -0.05) is 11.6 Å². The molecule has 2 heterocycles. The van der Waals surface area contributed by atoms with E-state index in [0.29, 0.717) is 19.6 Å². The molecular formula is C16H22O6. The van der Waals surface area contributed by atoms with Crippen molar-refractivity contribution in [1.82, 2.24) is 0 Å². The Labute approximate surface area is 129 Å². The Bertz CT molecular complexity index is 499. The van der Waals surface area contributed by atoms with Crippen LogP contribution in [-0.4, -0.2) is 43.7 Å². The summed E-state index contributed by atoms with van der Waals surface area (Å²) in [7, 11) is 0. The lowest BCUT2D eigenvalue weighted by Gasteiger charge is -2.48. The molecule has 0 amide bonds. The van der Waals surface area contributed by atoms with Crippen LogP contribution >= 0.6 is 0 Å². The third-order valence-corrected chi connectivity index (χ3v) is 4.73. The fraction of sp³-hybridized carbons (Fsp3) is 0.750. The summed E-state index contributed by atoms with van der Waals surface area (Å²) in [4.78, 5) is 24.7. The average molecular weight is 310 g/mol. The Morgan fingerprint density at radius 3 is 2.91 bits per heavy atom. The zero-order valence-corrected chi connectivity index (χ0v) is 13.1. The highest BCUT2D eigenvalue weighted by Crippen LogP contribution is 2.45. The lowest BCUT2D eigenvalue weighted by atomic mass is 9.67. The second-order valence-corrected chi connectivity index (χ2v) is 6.07. The minimum Gasteiger partial charge on any atom is -0.466 e. The first-order chi connectivity index (χ1) is 10.5. The molecule has 0 unspecified atom stereocenters. The summed E-state index contributed by atoms with van der Waals surface area (Å²) in [5, 5.41) is 0. The van der Waals surface area contributed by atoms with E-state index < -0.39 is 17.9 Å². The normalized spacial score (nSPS) is 40.9. The van der Waals surface area contributed by atoms with Gasteiger partial charge in [-0.25, -0.2) is 0 Å². The lowest BCUT2D eigenvalue weighted by Crippen LogP contribution is -2.59. The quantitative estimate of drug-likeness (QED) is 0.568. The number of rotatable bonds is 2. The van der Waals surface area contributed by atoms with Gasteiger partial charge in [0.25, 0.3) is 0 Å². The van der Waals surface area contributed by atoms with Crippen LogP contribution in [0, 0.1) is 17.8 Å². The Balaban J connectivity index is 1.91. The first-order valence-electron chi connectivity index (χ1n) is 7.83. The lowest BCUT2D eigenvalue weighted by molar-refractivity contribution is -0.279. The maximum atomic E-state index is 12.5. The van der Waals surface area contributed by atoms with E-state index in [0.717, 1.165) is 5.57 Å². The number of fused-ring (bicyclic) bond motifs is 3. The fourth-order valence-corrected chi connectivity index (χ4v) is 3.71. The fourth-order valence-electron chi connectivity index (χ4n) is 3.71. The summed E-state index contributed by atoms with van der Waals surface area (Å²) in [6.45, 7) is 6.21. The third kappa shape index (κ3) is 2.54. The van der Waals surface area contributed by atoms with Crippen LogP contribution in [0.5, 0.6) is 0 Å². The van der Waals surface area contributed by atoms with Crippen LogP contribution in [0.25, 0.3) is 0 Å². The van der Waals surface area contributed by atoms with E-state index in [1.807, 2.05) is 19.9 Å². The summed E-state index contributed by atoms with van der Waals surface area (Å²) in [5.41, 5.74) is 1.08. The van der Waals surface area contributed by atoms with E-state index in [-0.39, 0.29) is 30.3 Å². The van der Waals surface area contributed by atoms with Gasteiger partial charge < -0.3 is 18.9 Å². The summed E-state index contributed by atoms with van der Waals surface area (Å²) < 4.78 is 21.9. The van der Waals surface area contributed by atoms with Gasteiger partial charge in [0.1, 0.15) is 6.10 Å². The van der Waals surface area contributed by atoms with Gasteiger partial charge >= 0.3 is 11.9 Å². The van der Waals surface area contributed by atoms with E-state index >= 15 is 0 Å². The van der Waals surface area contributed by atoms with Gasteiger partial charge in [-0.15, -0.1) is 0 Å². The van der Waals surface area contributed by atoms with Crippen LogP contribution in [0.3, 0.4) is 0 Å². The first kappa shape index (κ1) is 15.5. The summed E-state index contributed by atoms with van der Waals surface area (Å²) in [6, 6.07) is 0. The largest absolute Gasteiger partial charge is 0.466 e. The van der Waals surface area contributed by atoms with Crippen molar-refractivity contribution < 1.29 is 28.5 Å². The van der Waals surface area contributed by atoms with Crippen LogP contribution in [0.4, 0.5) is 0 Å². The van der Waals surface area contributed by atoms with Gasteiger partial charge in [-0.3, -0.25) is 9.59 Å². The molecule has 0 spiro atoms. The third-order valence-electron chi connectivity index (χ3n) is 4.73. The Kier molecular flexibility index (Phi) is 4.23. The molecular weight excluding hydrogens is 288 g/mol. The topological polar surface area (TPSA) is 71.1 Å². The van der Waals surface area contributed by atoms with Crippen molar-refractivity contribution in [2.75, 3.05) is 13.2 Å². The highest BCUT2D eigenvalue weighted by Gasteiger charge is 2.55. The van der Waals surface area contributed by atoms with Crippen molar-refractivity contribution in [2.24, 2.45) is 17.8 Å². The molecule has 6 nitrogen and oxygen atoms in total. The molecule has 0 aromatic rings. The second-order valence-electron chi connectivity index (χ2n) is 6.07. The van der Waals surface area contributed by atoms with E-state index in [1.54, 1.807) is 6.92 Å². The molecule has 0 radical (unpaired) electrons. The van der Waals surface area contributed by atoms with Crippen molar-refractivity contribution >= 4 is 11.9 Å². The van der Waals surface area contributed by atoms with Gasteiger partial charge in [0.15, 0.2) is 12.4 Å². The van der Waals surface area contributed by atoms with Gasteiger partial charge in [0.05, 0.1) is 25.0 Å². The molecule has 0 aromatic carbocycles. The highest BCUT2D eigenvalue weighted by molar-refractivity contribution is 5.84.